The fourth-order valence-corrected chi connectivity index (χ4v) is 3.67. The third-order valence-corrected chi connectivity index (χ3v) is 4.77. The zero-order valence-electron chi connectivity index (χ0n) is 15.4. The number of amides is 1. The molecule has 2 heterocycles. The first-order chi connectivity index (χ1) is 12.6. The molecule has 2 bridgehead atoms. The summed E-state index contributed by atoms with van der Waals surface area (Å²) in [7, 11) is 0. The van der Waals surface area contributed by atoms with Crippen LogP contribution in [-0.2, 0) is 9.47 Å². The number of halogens is 3. The minimum atomic E-state index is -1.34. The maximum atomic E-state index is 14.0. The third kappa shape index (κ3) is 4.10. The minimum absolute atomic E-state index is 0.236. The van der Waals surface area contributed by atoms with Crippen molar-refractivity contribution in [2.75, 3.05) is 13.2 Å². The van der Waals surface area contributed by atoms with E-state index in [9.17, 15) is 22.8 Å². The van der Waals surface area contributed by atoms with Gasteiger partial charge in [0.25, 0.3) is 0 Å². The van der Waals surface area contributed by atoms with Crippen molar-refractivity contribution in [3.8, 4) is 0 Å². The highest BCUT2D eigenvalue weighted by molar-refractivity contribution is 5.98. The number of rotatable bonds is 2. The molecular weight excluding hydrogens is 363 g/mol. The molecule has 5 nitrogen and oxygen atoms in total. The normalized spacial score (nSPS) is 25.3. The van der Waals surface area contributed by atoms with Gasteiger partial charge in [0.2, 0.25) is 0 Å². The molecule has 27 heavy (non-hydrogen) atoms. The van der Waals surface area contributed by atoms with Crippen LogP contribution in [0.5, 0.6) is 0 Å². The van der Waals surface area contributed by atoms with Crippen molar-refractivity contribution in [3.63, 3.8) is 0 Å². The number of morpholine rings is 1. The van der Waals surface area contributed by atoms with Crippen molar-refractivity contribution < 1.29 is 32.2 Å². The van der Waals surface area contributed by atoms with Gasteiger partial charge in [0.1, 0.15) is 11.4 Å². The van der Waals surface area contributed by atoms with Crippen molar-refractivity contribution in [2.24, 2.45) is 5.92 Å². The number of ether oxygens (including phenoxy) is 2. The molecule has 2 aliphatic heterocycles. The monoisotopic (exact) mass is 385 g/mol. The molecule has 148 valence electrons. The van der Waals surface area contributed by atoms with Gasteiger partial charge in [-0.1, -0.05) is 0 Å². The van der Waals surface area contributed by atoms with Crippen LogP contribution < -0.4 is 0 Å². The van der Waals surface area contributed by atoms with Gasteiger partial charge < -0.3 is 9.47 Å². The van der Waals surface area contributed by atoms with Gasteiger partial charge in [0, 0.05) is 12.0 Å². The first-order valence-corrected chi connectivity index (χ1v) is 8.84. The van der Waals surface area contributed by atoms with Crippen LogP contribution in [-0.4, -0.2) is 47.7 Å². The smallest absolute Gasteiger partial charge is 0.410 e. The van der Waals surface area contributed by atoms with Gasteiger partial charge in [-0.05, 0) is 39.7 Å². The molecular formula is C19H22F3NO4. The molecule has 2 fully saturated rings. The molecule has 2 aliphatic rings. The van der Waals surface area contributed by atoms with E-state index in [0.29, 0.717) is 12.1 Å². The van der Waals surface area contributed by atoms with Crippen LogP contribution in [0.1, 0.15) is 44.0 Å². The zero-order valence-corrected chi connectivity index (χ0v) is 15.4. The van der Waals surface area contributed by atoms with E-state index < -0.39 is 58.5 Å². The van der Waals surface area contributed by atoms with Crippen LogP contribution >= 0.6 is 0 Å². The summed E-state index contributed by atoms with van der Waals surface area (Å²) in [5.74, 6) is -4.90. The summed E-state index contributed by atoms with van der Waals surface area (Å²) in [4.78, 5) is 26.8. The molecule has 0 spiro atoms. The second-order valence-corrected chi connectivity index (χ2v) is 8.01. The van der Waals surface area contributed by atoms with Crippen LogP contribution in [0.25, 0.3) is 0 Å². The number of hydrogen-bond acceptors (Lipinski definition) is 4. The number of fused-ring (bicyclic) bond motifs is 2. The molecule has 2 atom stereocenters. The van der Waals surface area contributed by atoms with Gasteiger partial charge >= 0.3 is 6.09 Å². The molecule has 2 unspecified atom stereocenters. The molecule has 1 amide bonds. The predicted octanol–water partition coefficient (Wildman–Crippen LogP) is 3.70. The average molecular weight is 385 g/mol. The lowest BCUT2D eigenvalue weighted by Gasteiger charge is -2.47. The highest BCUT2D eigenvalue weighted by Crippen LogP contribution is 2.35. The van der Waals surface area contributed by atoms with E-state index in [0.717, 1.165) is 0 Å². The number of nitrogens with zero attached hydrogens (tertiary/aromatic N) is 1. The van der Waals surface area contributed by atoms with E-state index in [-0.39, 0.29) is 26.1 Å². The molecule has 0 saturated carbocycles. The Labute approximate surface area is 155 Å². The summed E-state index contributed by atoms with van der Waals surface area (Å²) in [6.07, 6.45) is 0.00531. The molecule has 1 aromatic rings. The Hall–Kier alpha value is -2.09. The zero-order chi connectivity index (χ0) is 19.9. The summed E-state index contributed by atoms with van der Waals surface area (Å²) in [6, 6.07) is 0.186. The van der Waals surface area contributed by atoms with Crippen LogP contribution in [0.2, 0.25) is 0 Å². The number of benzene rings is 1. The van der Waals surface area contributed by atoms with Gasteiger partial charge in [0.15, 0.2) is 17.4 Å². The summed E-state index contributed by atoms with van der Waals surface area (Å²) in [5, 5.41) is 0. The number of ketones is 1. The van der Waals surface area contributed by atoms with Crippen molar-refractivity contribution >= 4 is 11.9 Å². The lowest BCUT2D eigenvalue weighted by molar-refractivity contribution is -0.0861. The number of Topliss-reactive ketones (excluding diaryl/α,β-unsaturated/α-hetero) is 1. The third-order valence-electron chi connectivity index (χ3n) is 4.77. The first-order valence-electron chi connectivity index (χ1n) is 8.84. The number of carbonyl (C=O) groups is 2. The molecule has 0 radical (unpaired) electrons. The van der Waals surface area contributed by atoms with E-state index in [1.165, 1.54) is 0 Å². The molecule has 2 saturated heterocycles. The molecule has 0 aliphatic carbocycles. The number of piperidine rings is 1. The van der Waals surface area contributed by atoms with Crippen molar-refractivity contribution in [2.45, 2.75) is 51.3 Å². The number of hydrogen-bond donors (Lipinski definition) is 0. The van der Waals surface area contributed by atoms with Gasteiger partial charge in [-0.2, -0.15) is 0 Å². The first kappa shape index (κ1) is 19.7. The quantitative estimate of drug-likeness (QED) is 0.575. The lowest BCUT2D eigenvalue weighted by Crippen LogP contribution is -2.60. The van der Waals surface area contributed by atoms with Crippen LogP contribution in [0, 0.1) is 23.4 Å². The van der Waals surface area contributed by atoms with E-state index in [1.54, 1.807) is 25.7 Å². The van der Waals surface area contributed by atoms with Gasteiger partial charge in [0.05, 0.1) is 30.9 Å². The van der Waals surface area contributed by atoms with E-state index in [1.807, 2.05) is 0 Å². The fourth-order valence-electron chi connectivity index (χ4n) is 3.67. The van der Waals surface area contributed by atoms with Crippen molar-refractivity contribution in [1.29, 1.82) is 0 Å². The summed E-state index contributed by atoms with van der Waals surface area (Å²) < 4.78 is 51.5. The molecule has 0 aromatic heterocycles. The molecule has 1 aromatic carbocycles. The maximum absolute atomic E-state index is 14.0. The van der Waals surface area contributed by atoms with Crippen LogP contribution in [0.15, 0.2) is 12.1 Å². The standard InChI is InChI=1S/C19H22F3NO4/c1-19(2,3)27-18(25)23-11-4-10(5-12(23)9-26-8-11)17(24)13-6-15(21)16(22)7-14(13)20/h6-7,10-12H,4-5,8-9H2,1-3H3. The van der Waals surface area contributed by atoms with Gasteiger partial charge in [-0.15, -0.1) is 0 Å². The second kappa shape index (κ2) is 7.14. The highest BCUT2D eigenvalue weighted by Gasteiger charge is 2.45. The van der Waals surface area contributed by atoms with Crippen molar-refractivity contribution in [3.05, 3.63) is 35.1 Å². The molecule has 3 rings (SSSR count). The average Bonchev–Trinajstić information content (AvgIpc) is 2.54. The Morgan fingerprint density at radius 1 is 1.04 bits per heavy atom. The van der Waals surface area contributed by atoms with Crippen LogP contribution in [0.3, 0.4) is 0 Å². The fraction of sp³-hybridized carbons (Fsp3) is 0.579. The molecule has 8 heteroatoms. The van der Waals surface area contributed by atoms with Gasteiger partial charge in [-0.3, -0.25) is 9.69 Å². The highest BCUT2D eigenvalue weighted by atomic mass is 19.2. The van der Waals surface area contributed by atoms with Crippen molar-refractivity contribution in [1.82, 2.24) is 4.90 Å². The van der Waals surface area contributed by atoms with E-state index >= 15 is 0 Å². The Morgan fingerprint density at radius 2 is 1.59 bits per heavy atom. The topological polar surface area (TPSA) is 55.8 Å². The Balaban J connectivity index is 1.79. The van der Waals surface area contributed by atoms with E-state index in [2.05, 4.69) is 0 Å². The Bertz CT molecular complexity index is 748. The lowest BCUT2D eigenvalue weighted by atomic mass is 9.80. The second-order valence-electron chi connectivity index (χ2n) is 8.01. The summed E-state index contributed by atoms with van der Waals surface area (Å²) in [5.41, 5.74) is -1.13. The SMILES string of the molecule is CC(C)(C)OC(=O)N1C2COCC1CC(C(=O)c1cc(F)c(F)cc1F)C2. The Morgan fingerprint density at radius 3 is 2.15 bits per heavy atom. The van der Waals surface area contributed by atoms with Crippen LogP contribution in [0.4, 0.5) is 18.0 Å². The summed E-state index contributed by atoms with van der Waals surface area (Å²) in [6.45, 7) is 5.76. The minimum Gasteiger partial charge on any atom is -0.444 e. The predicted molar refractivity (Wildman–Crippen MR) is 89.8 cm³/mol. The summed E-state index contributed by atoms with van der Waals surface area (Å²) >= 11 is 0. The molecule has 0 N–H and O–H groups in total. The van der Waals surface area contributed by atoms with Gasteiger partial charge in [-0.25, -0.2) is 18.0 Å². The van der Waals surface area contributed by atoms with E-state index in [4.69, 9.17) is 9.47 Å². The number of carbonyl (C=O) groups excluding carboxylic acids is 2. The maximum Gasteiger partial charge on any atom is 0.410 e. The Kier molecular flexibility index (Phi) is 5.20. The largest absolute Gasteiger partial charge is 0.444 e.